The van der Waals surface area contributed by atoms with Gasteiger partial charge in [-0.1, -0.05) is 64.7 Å². The molecule has 0 aliphatic carbocycles. The molecule has 3 nitrogen and oxygen atoms in total. The lowest BCUT2D eigenvalue weighted by Crippen LogP contribution is -2.43. The minimum Gasteiger partial charge on any atom is -0.392 e. The molecule has 104 valence electrons. The largest absolute Gasteiger partial charge is 0.392 e. The van der Waals surface area contributed by atoms with Gasteiger partial charge < -0.3 is 15.9 Å². The second kappa shape index (κ2) is 11.0. The van der Waals surface area contributed by atoms with Crippen LogP contribution in [0.1, 0.15) is 77.6 Å². The maximum atomic E-state index is 9.37. The minimum absolute atomic E-state index is 0.343. The molecule has 1 atom stereocenters. The van der Waals surface area contributed by atoms with Gasteiger partial charge in [-0.15, -0.1) is 0 Å². The molecule has 4 N–H and O–H groups in total. The van der Waals surface area contributed by atoms with Crippen molar-refractivity contribution in [3.05, 3.63) is 0 Å². The highest BCUT2D eigenvalue weighted by Crippen LogP contribution is 2.13. The summed E-state index contributed by atoms with van der Waals surface area (Å²) in [4.78, 5) is 0. The van der Waals surface area contributed by atoms with E-state index in [1.165, 1.54) is 51.4 Å². The van der Waals surface area contributed by atoms with Gasteiger partial charge >= 0.3 is 0 Å². The average Bonchev–Trinajstić information content (AvgIpc) is 2.31. The normalized spacial score (nSPS) is 14.8. The van der Waals surface area contributed by atoms with Gasteiger partial charge in [0.25, 0.3) is 0 Å². The van der Waals surface area contributed by atoms with E-state index in [1.807, 2.05) is 0 Å². The molecular weight excluding hydrogens is 214 g/mol. The predicted octanol–water partition coefficient (Wildman–Crippen LogP) is 2.94. The first-order valence-corrected chi connectivity index (χ1v) is 7.24. The van der Waals surface area contributed by atoms with Crippen molar-refractivity contribution in [3.8, 4) is 0 Å². The van der Waals surface area contributed by atoms with Crippen molar-refractivity contribution in [3.63, 3.8) is 0 Å². The topological polar surface area (TPSA) is 66.5 Å². The van der Waals surface area contributed by atoms with Crippen molar-refractivity contribution in [2.24, 2.45) is 5.73 Å². The fourth-order valence-corrected chi connectivity index (χ4v) is 2.00. The highest BCUT2D eigenvalue weighted by atomic mass is 16.3. The number of hydrogen-bond donors (Lipinski definition) is 3. The van der Waals surface area contributed by atoms with Crippen LogP contribution in [0.15, 0.2) is 0 Å². The lowest BCUT2D eigenvalue weighted by atomic mass is 10.0. The smallest absolute Gasteiger partial charge is 0.136 e. The van der Waals surface area contributed by atoms with Crippen LogP contribution in [0.25, 0.3) is 0 Å². The summed E-state index contributed by atoms with van der Waals surface area (Å²) in [5.41, 5.74) is 4.07. The second-order valence-electron chi connectivity index (χ2n) is 5.19. The van der Waals surface area contributed by atoms with E-state index >= 15 is 0 Å². The molecule has 3 heteroatoms. The van der Waals surface area contributed by atoms with E-state index in [9.17, 15) is 5.11 Å². The summed E-state index contributed by atoms with van der Waals surface area (Å²) >= 11 is 0. The maximum Gasteiger partial charge on any atom is 0.136 e. The molecule has 0 aromatic carbocycles. The Kier molecular flexibility index (Phi) is 10.9. The summed E-state index contributed by atoms with van der Waals surface area (Å²) < 4.78 is 0. The Morgan fingerprint density at radius 1 is 0.824 bits per heavy atom. The number of aliphatic hydroxyl groups excluding tert-OH is 1. The second-order valence-corrected chi connectivity index (χ2v) is 5.19. The van der Waals surface area contributed by atoms with Crippen LogP contribution in [0.5, 0.6) is 0 Å². The van der Waals surface area contributed by atoms with Crippen LogP contribution in [0.3, 0.4) is 0 Å². The molecule has 0 fully saturated rings. The standard InChI is InChI=1S/C14H31NO2/c1-2-3-4-5-6-7-8-9-10-11-12-14(15,17)13-16/h16-17H,2-13,15H2,1H3. The van der Waals surface area contributed by atoms with Gasteiger partial charge in [0, 0.05) is 0 Å². The zero-order valence-electron chi connectivity index (χ0n) is 11.5. The average molecular weight is 245 g/mol. The molecule has 0 aromatic rings. The van der Waals surface area contributed by atoms with Gasteiger partial charge in [-0.25, -0.2) is 0 Å². The maximum absolute atomic E-state index is 9.37. The van der Waals surface area contributed by atoms with E-state index in [4.69, 9.17) is 10.8 Å². The lowest BCUT2D eigenvalue weighted by Gasteiger charge is -2.19. The van der Waals surface area contributed by atoms with Crippen molar-refractivity contribution in [1.29, 1.82) is 0 Å². The number of hydrogen-bond acceptors (Lipinski definition) is 3. The first kappa shape index (κ1) is 16.9. The van der Waals surface area contributed by atoms with E-state index in [-0.39, 0.29) is 6.61 Å². The molecule has 0 saturated carbocycles. The highest BCUT2D eigenvalue weighted by molar-refractivity contribution is 4.68. The summed E-state index contributed by atoms with van der Waals surface area (Å²) in [6.07, 6.45) is 13.1. The Morgan fingerprint density at radius 3 is 1.65 bits per heavy atom. The van der Waals surface area contributed by atoms with E-state index in [1.54, 1.807) is 0 Å². The van der Waals surface area contributed by atoms with Gasteiger partial charge in [0.15, 0.2) is 0 Å². The van der Waals surface area contributed by atoms with E-state index in [0.29, 0.717) is 6.42 Å². The molecule has 0 heterocycles. The molecule has 0 saturated heterocycles. The molecule has 0 rings (SSSR count). The van der Waals surface area contributed by atoms with E-state index in [0.717, 1.165) is 12.8 Å². The van der Waals surface area contributed by atoms with Crippen LogP contribution >= 0.6 is 0 Å². The number of unbranched alkanes of at least 4 members (excludes halogenated alkanes) is 9. The first-order chi connectivity index (χ1) is 8.12. The Morgan fingerprint density at radius 2 is 1.24 bits per heavy atom. The third-order valence-corrected chi connectivity index (χ3v) is 3.24. The van der Waals surface area contributed by atoms with Crippen molar-refractivity contribution in [2.45, 2.75) is 83.3 Å². The predicted molar refractivity (Wildman–Crippen MR) is 72.7 cm³/mol. The van der Waals surface area contributed by atoms with Crippen molar-refractivity contribution >= 4 is 0 Å². The number of rotatable bonds is 12. The Balaban J connectivity index is 3.09. The molecule has 1 unspecified atom stereocenters. The molecule has 0 spiro atoms. The summed E-state index contributed by atoms with van der Waals surface area (Å²) in [6.45, 7) is 1.90. The van der Waals surface area contributed by atoms with Crippen LogP contribution in [0.2, 0.25) is 0 Å². The molecule has 0 amide bonds. The van der Waals surface area contributed by atoms with Crippen molar-refractivity contribution in [1.82, 2.24) is 0 Å². The highest BCUT2D eigenvalue weighted by Gasteiger charge is 2.17. The monoisotopic (exact) mass is 245 g/mol. The molecule has 0 aliphatic heterocycles. The molecular formula is C14H31NO2. The summed E-state index contributed by atoms with van der Waals surface area (Å²) in [5.74, 6) is 0. The van der Waals surface area contributed by atoms with E-state index in [2.05, 4.69) is 6.92 Å². The van der Waals surface area contributed by atoms with Crippen LogP contribution in [-0.4, -0.2) is 22.5 Å². The zero-order chi connectivity index (χ0) is 13.0. The van der Waals surface area contributed by atoms with Crippen LogP contribution < -0.4 is 5.73 Å². The number of nitrogens with two attached hydrogens (primary N) is 1. The van der Waals surface area contributed by atoms with Crippen molar-refractivity contribution in [2.75, 3.05) is 6.61 Å². The first-order valence-electron chi connectivity index (χ1n) is 7.24. The van der Waals surface area contributed by atoms with Gasteiger partial charge in [0.05, 0.1) is 6.61 Å². The van der Waals surface area contributed by atoms with E-state index < -0.39 is 5.72 Å². The fraction of sp³-hybridized carbons (Fsp3) is 1.00. The SMILES string of the molecule is CCCCCCCCCCCCC(N)(O)CO. The Bertz CT molecular complexity index is 160. The summed E-state index contributed by atoms with van der Waals surface area (Å²) in [7, 11) is 0. The van der Waals surface area contributed by atoms with Gasteiger partial charge in [-0.2, -0.15) is 0 Å². The zero-order valence-corrected chi connectivity index (χ0v) is 11.5. The Labute approximate surface area is 106 Å². The number of aliphatic hydroxyl groups is 2. The van der Waals surface area contributed by atoms with Gasteiger partial charge in [-0.05, 0) is 12.8 Å². The lowest BCUT2D eigenvalue weighted by molar-refractivity contribution is -0.0177. The van der Waals surface area contributed by atoms with Crippen LogP contribution in [-0.2, 0) is 0 Å². The fourth-order valence-electron chi connectivity index (χ4n) is 2.00. The molecule has 0 radical (unpaired) electrons. The minimum atomic E-state index is -1.36. The molecule has 17 heavy (non-hydrogen) atoms. The van der Waals surface area contributed by atoms with Gasteiger partial charge in [0.1, 0.15) is 5.72 Å². The molecule has 0 aromatic heterocycles. The third-order valence-electron chi connectivity index (χ3n) is 3.24. The van der Waals surface area contributed by atoms with Crippen LogP contribution in [0.4, 0.5) is 0 Å². The van der Waals surface area contributed by atoms with Crippen LogP contribution in [0, 0.1) is 0 Å². The summed E-state index contributed by atoms with van der Waals surface area (Å²) in [5, 5.41) is 18.1. The molecule has 0 bridgehead atoms. The molecule has 0 aliphatic rings. The summed E-state index contributed by atoms with van der Waals surface area (Å²) in [6, 6.07) is 0. The van der Waals surface area contributed by atoms with Crippen molar-refractivity contribution < 1.29 is 10.2 Å². The third kappa shape index (κ3) is 12.1. The Hall–Kier alpha value is -0.120. The quantitative estimate of drug-likeness (QED) is 0.366. The van der Waals surface area contributed by atoms with Gasteiger partial charge in [-0.3, -0.25) is 0 Å². The van der Waals surface area contributed by atoms with Gasteiger partial charge in [0.2, 0.25) is 0 Å².